The average Bonchev–Trinajstić information content (AvgIpc) is 3.22. The fourth-order valence-corrected chi connectivity index (χ4v) is 4.02. The number of hydrogen-bond donors (Lipinski definition) is 2. The Morgan fingerprint density at radius 1 is 1.07 bits per heavy atom. The molecule has 1 amide bonds. The maximum atomic E-state index is 12.5. The van der Waals surface area contributed by atoms with Gasteiger partial charge in [-0.2, -0.15) is 5.26 Å². The predicted molar refractivity (Wildman–Crippen MR) is 117 cm³/mol. The number of hydrogen-bond acceptors (Lipinski definition) is 6. The summed E-state index contributed by atoms with van der Waals surface area (Å²) in [6, 6.07) is 9.73. The van der Waals surface area contributed by atoms with Gasteiger partial charge >= 0.3 is 6.09 Å². The van der Waals surface area contributed by atoms with Crippen LogP contribution < -0.4 is 19.9 Å². The van der Waals surface area contributed by atoms with Gasteiger partial charge in [-0.25, -0.2) is 4.79 Å². The summed E-state index contributed by atoms with van der Waals surface area (Å²) in [5, 5.41) is 11.8. The SMILES string of the molecule is CN1CCN(c2ccc(NC(=O)Oc3cc(C#N)c[nH]3)c(N3CCCCC3)c2)CC1. The van der Waals surface area contributed by atoms with Gasteiger partial charge in [0.2, 0.25) is 5.88 Å². The maximum absolute atomic E-state index is 12.5. The Morgan fingerprint density at radius 2 is 1.83 bits per heavy atom. The maximum Gasteiger partial charge on any atom is 0.418 e. The Hall–Kier alpha value is -3.18. The molecule has 4 rings (SSSR count). The number of ether oxygens (including phenoxy) is 1. The monoisotopic (exact) mass is 408 g/mol. The van der Waals surface area contributed by atoms with E-state index in [0.717, 1.165) is 63.5 Å². The van der Waals surface area contributed by atoms with Crippen LogP contribution in [0.15, 0.2) is 30.5 Å². The second-order valence-electron chi connectivity index (χ2n) is 7.92. The number of rotatable bonds is 4. The molecule has 2 fully saturated rings. The first-order chi connectivity index (χ1) is 14.6. The molecular formula is C22H28N6O2. The van der Waals surface area contributed by atoms with Gasteiger partial charge in [-0.3, -0.25) is 5.32 Å². The summed E-state index contributed by atoms with van der Waals surface area (Å²) < 4.78 is 5.31. The van der Waals surface area contributed by atoms with Gasteiger partial charge in [0.1, 0.15) is 6.07 Å². The first-order valence-electron chi connectivity index (χ1n) is 10.5. The Kier molecular flexibility index (Phi) is 6.10. The van der Waals surface area contributed by atoms with Crippen LogP contribution in [0.1, 0.15) is 24.8 Å². The lowest BCUT2D eigenvalue weighted by Crippen LogP contribution is -2.44. The lowest BCUT2D eigenvalue weighted by molar-refractivity contribution is 0.213. The molecule has 8 nitrogen and oxygen atoms in total. The molecule has 1 aromatic carbocycles. The second-order valence-corrected chi connectivity index (χ2v) is 7.92. The highest BCUT2D eigenvalue weighted by Gasteiger charge is 2.20. The van der Waals surface area contributed by atoms with Gasteiger partial charge in [0.15, 0.2) is 0 Å². The van der Waals surface area contributed by atoms with Gasteiger partial charge in [0, 0.05) is 57.2 Å². The number of H-pyrrole nitrogens is 1. The van der Waals surface area contributed by atoms with Crippen molar-refractivity contribution >= 4 is 23.2 Å². The molecule has 2 saturated heterocycles. The van der Waals surface area contributed by atoms with Gasteiger partial charge in [0.05, 0.1) is 16.9 Å². The lowest BCUT2D eigenvalue weighted by atomic mass is 10.1. The number of nitrogens with zero attached hydrogens (tertiary/aromatic N) is 4. The molecule has 0 bridgehead atoms. The van der Waals surface area contributed by atoms with Crippen LogP contribution in [-0.2, 0) is 0 Å². The molecule has 2 aliphatic rings. The molecule has 3 heterocycles. The molecule has 1 aromatic heterocycles. The van der Waals surface area contributed by atoms with Gasteiger partial charge in [-0.1, -0.05) is 0 Å². The van der Waals surface area contributed by atoms with Crippen molar-refractivity contribution in [1.82, 2.24) is 9.88 Å². The van der Waals surface area contributed by atoms with Crippen molar-refractivity contribution in [1.29, 1.82) is 5.26 Å². The molecule has 2 N–H and O–H groups in total. The molecule has 0 atom stereocenters. The Labute approximate surface area is 177 Å². The van der Waals surface area contributed by atoms with Crippen LogP contribution in [0.25, 0.3) is 0 Å². The van der Waals surface area contributed by atoms with Crippen LogP contribution >= 0.6 is 0 Å². The summed E-state index contributed by atoms with van der Waals surface area (Å²) in [4.78, 5) is 22.3. The molecule has 0 unspecified atom stereocenters. The van der Waals surface area contributed by atoms with E-state index in [1.54, 1.807) is 0 Å². The van der Waals surface area contributed by atoms with Crippen molar-refractivity contribution in [2.45, 2.75) is 19.3 Å². The molecule has 0 saturated carbocycles. The van der Waals surface area contributed by atoms with Gasteiger partial charge in [-0.05, 0) is 44.5 Å². The van der Waals surface area contributed by atoms with E-state index in [2.05, 4.69) is 44.2 Å². The zero-order valence-corrected chi connectivity index (χ0v) is 17.4. The van der Waals surface area contributed by atoms with Crippen molar-refractivity contribution < 1.29 is 9.53 Å². The van der Waals surface area contributed by atoms with Crippen molar-refractivity contribution in [3.8, 4) is 11.9 Å². The lowest BCUT2D eigenvalue weighted by Gasteiger charge is -2.36. The summed E-state index contributed by atoms with van der Waals surface area (Å²) >= 11 is 0. The first kappa shape index (κ1) is 20.1. The molecule has 2 aliphatic heterocycles. The third-order valence-electron chi connectivity index (χ3n) is 5.77. The fourth-order valence-electron chi connectivity index (χ4n) is 4.02. The van der Waals surface area contributed by atoms with E-state index in [0.29, 0.717) is 5.56 Å². The van der Waals surface area contributed by atoms with Crippen LogP contribution in [-0.4, -0.2) is 62.3 Å². The number of carbonyl (C=O) groups is 1. The molecule has 0 radical (unpaired) electrons. The third-order valence-corrected chi connectivity index (χ3v) is 5.77. The topological polar surface area (TPSA) is 87.6 Å². The minimum absolute atomic E-state index is 0.248. The van der Waals surface area contributed by atoms with E-state index in [4.69, 9.17) is 10.00 Å². The van der Waals surface area contributed by atoms with Crippen LogP contribution in [0.4, 0.5) is 21.9 Å². The molecule has 0 spiro atoms. The highest BCUT2D eigenvalue weighted by Crippen LogP contribution is 2.33. The Bertz CT molecular complexity index is 920. The molecular weight excluding hydrogens is 380 g/mol. The molecule has 8 heteroatoms. The predicted octanol–water partition coefficient (Wildman–Crippen LogP) is 3.24. The number of nitrogens with one attached hydrogen (secondary N) is 2. The number of benzene rings is 1. The summed E-state index contributed by atoms with van der Waals surface area (Å²) in [5.41, 5.74) is 3.38. The van der Waals surface area contributed by atoms with Gasteiger partial charge < -0.3 is 24.4 Å². The molecule has 158 valence electrons. The standard InChI is InChI=1S/C22H28N6O2/c1-26-9-11-27(12-10-26)18-5-6-19(20(14-18)28-7-3-2-4-8-28)25-22(29)30-21-13-17(15-23)16-24-21/h5-6,13-14,16,24H,2-4,7-12H2,1H3,(H,25,29). The number of amides is 1. The normalized spacial score (nSPS) is 17.5. The van der Waals surface area contributed by atoms with Crippen LogP contribution in [0.2, 0.25) is 0 Å². The molecule has 30 heavy (non-hydrogen) atoms. The zero-order chi connectivity index (χ0) is 20.9. The number of aromatic amines is 1. The minimum Gasteiger partial charge on any atom is -0.393 e. The number of piperazine rings is 1. The summed E-state index contributed by atoms with van der Waals surface area (Å²) in [6.45, 7) is 6.06. The highest BCUT2D eigenvalue weighted by atomic mass is 16.6. The third kappa shape index (κ3) is 4.69. The Balaban J connectivity index is 1.53. The van der Waals surface area contributed by atoms with Gasteiger partial charge in [0.25, 0.3) is 0 Å². The average molecular weight is 409 g/mol. The molecule has 2 aromatic rings. The number of likely N-dealkylation sites (N-methyl/N-ethyl adjacent to an activating group) is 1. The number of anilines is 3. The number of nitriles is 1. The highest BCUT2D eigenvalue weighted by molar-refractivity contribution is 5.92. The van der Waals surface area contributed by atoms with E-state index in [1.807, 2.05) is 12.1 Å². The van der Waals surface area contributed by atoms with E-state index >= 15 is 0 Å². The van der Waals surface area contributed by atoms with Crippen molar-refractivity contribution in [2.75, 3.05) is 61.4 Å². The summed E-state index contributed by atoms with van der Waals surface area (Å²) in [5.74, 6) is 0.248. The number of piperidine rings is 1. The summed E-state index contributed by atoms with van der Waals surface area (Å²) in [7, 11) is 2.15. The minimum atomic E-state index is -0.577. The second kappa shape index (κ2) is 9.09. The quantitative estimate of drug-likeness (QED) is 0.808. The van der Waals surface area contributed by atoms with Gasteiger partial charge in [-0.15, -0.1) is 0 Å². The fraction of sp³-hybridized carbons (Fsp3) is 0.455. The molecule has 0 aliphatic carbocycles. The first-order valence-corrected chi connectivity index (χ1v) is 10.5. The van der Waals surface area contributed by atoms with Crippen LogP contribution in [0.5, 0.6) is 5.88 Å². The number of carbonyl (C=O) groups excluding carboxylic acids is 1. The van der Waals surface area contributed by atoms with E-state index in [-0.39, 0.29) is 5.88 Å². The summed E-state index contributed by atoms with van der Waals surface area (Å²) in [6.07, 6.45) is 4.48. The Morgan fingerprint density at radius 3 is 2.53 bits per heavy atom. The van der Waals surface area contributed by atoms with E-state index in [9.17, 15) is 4.79 Å². The smallest absolute Gasteiger partial charge is 0.393 e. The van der Waals surface area contributed by atoms with Crippen molar-refractivity contribution in [2.24, 2.45) is 0 Å². The van der Waals surface area contributed by atoms with Crippen LogP contribution in [0, 0.1) is 11.3 Å². The van der Waals surface area contributed by atoms with Crippen molar-refractivity contribution in [3.05, 3.63) is 36.0 Å². The number of aromatic nitrogens is 1. The van der Waals surface area contributed by atoms with E-state index < -0.39 is 6.09 Å². The van der Waals surface area contributed by atoms with Crippen LogP contribution in [0.3, 0.4) is 0 Å². The van der Waals surface area contributed by atoms with E-state index in [1.165, 1.54) is 24.4 Å². The van der Waals surface area contributed by atoms with Crippen molar-refractivity contribution in [3.63, 3.8) is 0 Å². The zero-order valence-electron chi connectivity index (χ0n) is 17.4. The largest absolute Gasteiger partial charge is 0.418 e.